The number of carboxylic acids is 2. The van der Waals surface area contributed by atoms with Crippen LogP contribution in [0.2, 0.25) is 0 Å². The molecule has 93 heavy (non-hydrogen) atoms. The number of carbonyl (C=O) groups is 12. The first-order valence-electron chi connectivity index (χ1n) is 29.2. The summed E-state index contributed by atoms with van der Waals surface area (Å²) < 4.78 is 0. The van der Waals surface area contributed by atoms with Crippen LogP contribution < -0.4 is 70.4 Å². The lowest BCUT2D eigenvalue weighted by molar-refractivity contribution is -0.145. The summed E-state index contributed by atoms with van der Waals surface area (Å²) in [4.78, 5) is 166. The van der Waals surface area contributed by atoms with Crippen molar-refractivity contribution in [2.45, 2.75) is 139 Å². The maximum Gasteiger partial charge on any atom is 0.328 e. The van der Waals surface area contributed by atoms with Crippen molar-refractivity contribution in [2.24, 2.45) is 23.1 Å². The molecular weight excluding hydrogens is 1250 g/mol. The minimum absolute atomic E-state index is 0.00878. The number of carboxylic acid groups (broad SMARTS) is 2. The molecule has 11 atom stereocenters. The van der Waals surface area contributed by atoms with Crippen molar-refractivity contribution < 1.29 is 83.1 Å². The number of primary amides is 1. The number of nitrogens with two attached hydrogens (primary N) is 3. The second-order valence-corrected chi connectivity index (χ2v) is 22.9. The number of nitrogens with one attached hydrogen (secondary N) is 12. The number of aromatic amines is 1. The van der Waals surface area contributed by atoms with E-state index in [-0.39, 0.29) is 67.8 Å². The molecule has 506 valence electrons. The van der Waals surface area contributed by atoms with Gasteiger partial charge in [0, 0.05) is 54.4 Å². The molecule has 0 aliphatic heterocycles. The number of hydrogen-bond donors (Lipinski definition) is 22. The molecule has 0 saturated heterocycles. The number of aromatic nitrogens is 1. The Balaban J connectivity index is 1.67. The predicted molar refractivity (Wildman–Crippen MR) is 343 cm³/mol. The third-order valence-corrected chi connectivity index (χ3v) is 14.9. The zero-order chi connectivity index (χ0) is 69.2. The second kappa shape index (κ2) is 37.0. The summed E-state index contributed by atoms with van der Waals surface area (Å²) in [6.07, 6.45) is -2.68. The van der Waals surface area contributed by atoms with Crippen LogP contribution >= 0.6 is 25.3 Å². The molecule has 4 aromatic rings. The molecular formula is C59H81N15O17S2. The highest BCUT2D eigenvalue weighted by atomic mass is 32.1. The Bertz CT molecular complexity index is 3300. The number of H-pyrrole nitrogens is 1. The number of amides is 10. The molecule has 34 heteroatoms. The number of para-hydroxylation sites is 1. The number of guanidine groups is 1. The van der Waals surface area contributed by atoms with Crippen molar-refractivity contribution in [1.29, 1.82) is 5.41 Å². The van der Waals surface area contributed by atoms with E-state index in [1.54, 1.807) is 44.3 Å². The average molecular weight is 1340 g/mol. The third-order valence-electron chi connectivity index (χ3n) is 14.2. The number of phenolic OH excluding ortho intramolecular Hbond substituents is 2. The number of aromatic hydroxyl groups is 2. The lowest BCUT2D eigenvalue weighted by Gasteiger charge is -2.28. The van der Waals surface area contributed by atoms with Crippen molar-refractivity contribution in [1.82, 2.24) is 58.2 Å². The standard InChI is InChI=1S/C59H81N15O17S2/c1-28(2)19-38(50(82)73-45(27-93)57(89)74-48(29(3)75)58(90)91)67-53(85)41(22-32-25-65-37-9-5-4-7-35(32)37)70-51(83)39(20-30-10-14-33(76)15-11-30)69-56(88)44(26-92)72-52(84)40(21-31-12-16-34(77)17-13-31)68-55(87)43(24-47(79)80)71-54(86)42(23-46(61)78)66-49(81)36(60)8-6-18-64-59(62)63/h4-5,7,9-17,25,28-29,36,38-45,48,65,75-77,92-93H,6,8,18-24,26-27,60H2,1-3H3,(H2,61,78)(H,66,81)(H,67,85)(H,68,87)(H,69,88)(H,70,83)(H,71,86)(H,72,84)(H,73,82)(H,74,89)(H,79,80)(H,90,91)(H4,62,63,64)/t29-,36+,38+,39+,40+,41+,42+,43+,44+,45+,48+/m1/s1. The molecule has 0 spiro atoms. The fourth-order valence-electron chi connectivity index (χ4n) is 9.27. The zero-order valence-electron chi connectivity index (χ0n) is 51.0. The van der Waals surface area contributed by atoms with E-state index in [2.05, 4.69) is 83.4 Å². The fraction of sp³-hybridized carbons (Fsp3) is 0.441. The number of aliphatic carboxylic acids is 2. The summed E-state index contributed by atoms with van der Waals surface area (Å²) in [6.45, 7) is 4.78. The van der Waals surface area contributed by atoms with Gasteiger partial charge in [0.2, 0.25) is 59.1 Å². The van der Waals surface area contributed by atoms with Crippen LogP contribution in [0.1, 0.15) is 69.6 Å². The van der Waals surface area contributed by atoms with Gasteiger partial charge in [-0.3, -0.25) is 58.1 Å². The molecule has 1 aromatic heterocycles. The van der Waals surface area contributed by atoms with Gasteiger partial charge in [-0.15, -0.1) is 0 Å². The summed E-state index contributed by atoms with van der Waals surface area (Å²) in [7, 11) is 0. The van der Waals surface area contributed by atoms with Gasteiger partial charge in [-0.05, 0) is 79.1 Å². The van der Waals surface area contributed by atoms with E-state index in [0.717, 1.165) is 6.92 Å². The van der Waals surface area contributed by atoms with Crippen LogP contribution in [0.15, 0.2) is 79.0 Å². The van der Waals surface area contributed by atoms with Crippen LogP contribution in [0.3, 0.4) is 0 Å². The average Bonchev–Trinajstić information content (AvgIpc) is 1.98. The minimum Gasteiger partial charge on any atom is -0.508 e. The molecule has 4 rings (SSSR count). The fourth-order valence-corrected chi connectivity index (χ4v) is 9.79. The Morgan fingerprint density at radius 2 is 0.946 bits per heavy atom. The normalized spacial score (nSPS) is 14.7. The van der Waals surface area contributed by atoms with Crippen LogP contribution in [-0.4, -0.2) is 192 Å². The first kappa shape index (κ1) is 75.8. The minimum atomic E-state index is -2.02. The number of phenols is 2. The van der Waals surface area contributed by atoms with Crippen LogP contribution in [0.4, 0.5) is 0 Å². The molecule has 3 aromatic carbocycles. The molecule has 0 fully saturated rings. The van der Waals surface area contributed by atoms with Gasteiger partial charge in [-0.1, -0.05) is 56.3 Å². The quantitative estimate of drug-likeness (QED) is 0.00888. The third kappa shape index (κ3) is 25.2. The molecule has 0 radical (unpaired) electrons. The maximum atomic E-state index is 14.9. The molecule has 0 bridgehead atoms. The van der Waals surface area contributed by atoms with Crippen molar-refractivity contribution in [2.75, 3.05) is 18.1 Å². The Kier molecular flexibility index (Phi) is 30.1. The summed E-state index contributed by atoms with van der Waals surface area (Å²) >= 11 is 8.48. The number of benzene rings is 3. The smallest absolute Gasteiger partial charge is 0.328 e. The van der Waals surface area contributed by atoms with Gasteiger partial charge in [0.25, 0.3) is 0 Å². The molecule has 0 unspecified atom stereocenters. The summed E-state index contributed by atoms with van der Waals surface area (Å²) in [5, 5.41) is 81.9. The second-order valence-electron chi connectivity index (χ2n) is 22.2. The maximum absolute atomic E-state index is 14.9. The number of aliphatic hydroxyl groups excluding tert-OH is 1. The molecule has 23 N–H and O–H groups in total. The Hall–Kier alpha value is -9.67. The lowest BCUT2D eigenvalue weighted by Crippen LogP contribution is -2.62. The summed E-state index contributed by atoms with van der Waals surface area (Å²) in [5.41, 5.74) is 18.4. The van der Waals surface area contributed by atoms with Crippen LogP contribution in [-0.2, 0) is 76.8 Å². The van der Waals surface area contributed by atoms with Crippen LogP contribution in [0.5, 0.6) is 11.5 Å². The predicted octanol–water partition coefficient (Wildman–Crippen LogP) is -3.72. The molecule has 0 aliphatic rings. The highest BCUT2D eigenvalue weighted by molar-refractivity contribution is 7.80. The molecule has 1 heterocycles. The van der Waals surface area contributed by atoms with E-state index in [1.165, 1.54) is 48.5 Å². The van der Waals surface area contributed by atoms with Gasteiger partial charge in [0.05, 0.1) is 25.0 Å². The molecule has 0 aliphatic carbocycles. The zero-order valence-corrected chi connectivity index (χ0v) is 52.8. The highest BCUT2D eigenvalue weighted by Crippen LogP contribution is 2.21. The van der Waals surface area contributed by atoms with Crippen molar-refractivity contribution >= 4 is 113 Å². The summed E-state index contributed by atoms with van der Waals surface area (Å²) in [5.74, 6) is -15.6. The van der Waals surface area contributed by atoms with Crippen molar-refractivity contribution in [3.63, 3.8) is 0 Å². The van der Waals surface area contributed by atoms with E-state index in [4.69, 9.17) is 22.6 Å². The van der Waals surface area contributed by atoms with E-state index in [9.17, 15) is 83.1 Å². The molecule has 32 nitrogen and oxygen atoms in total. The number of fused-ring (bicyclic) bond motifs is 1. The Morgan fingerprint density at radius 1 is 0.538 bits per heavy atom. The number of rotatable bonds is 38. The number of aliphatic hydroxyl groups is 1. The number of carbonyl (C=O) groups excluding carboxylic acids is 10. The van der Waals surface area contributed by atoms with E-state index < -0.39 is 163 Å². The molecule has 0 saturated carbocycles. The van der Waals surface area contributed by atoms with Gasteiger partial charge in [0.15, 0.2) is 12.0 Å². The Labute approximate surface area is 544 Å². The van der Waals surface area contributed by atoms with Gasteiger partial charge in [0.1, 0.15) is 59.8 Å². The van der Waals surface area contributed by atoms with Gasteiger partial charge in [-0.25, -0.2) is 4.79 Å². The van der Waals surface area contributed by atoms with Crippen LogP contribution in [0.25, 0.3) is 10.9 Å². The van der Waals surface area contributed by atoms with Crippen molar-refractivity contribution in [3.8, 4) is 11.5 Å². The Morgan fingerprint density at radius 3 is 1.40 bits per heavy atom. The monoisotopic (exact) mass is 1340 g/mol. The van der Waals surface area contributed by atoms with Crippen molar-refractivity contribution in [3.05, 3.63) is 95.7 Å². The highest BCUT2D eigenvalue weighted by Gasteiger charge is 2.37. The first-order chi connectivity index (χ1) is 43.9. The summed E-state index contributed by atoms with van der Waals surface area (Å²) in [6, 6.07) is 1.51. The number of hydrogen-bond acceptors (Lipinski definition) is 19. The van der Waals surface area contributed by atoms with E-state index in [1.807, 2.05) is 0 Å². The number of thiol groups is 2. The lowest BCUT2D eigenvalue weighted by atomic mass is 9.99. The van der Waals surface area contributed by atoms with Gasteiger partial charge in [-0.2, -0.15) is 25.3 Å². The van der Waals surface area contributed by atoms with Crippen LogP contribution in [0, 0.1) is 11.3 Å². The molecule has 10 amide bonds. The van der Waals surface area contributed by atoms with E-state index in [0.29, 0.717) is 27.6 Å². The SMILES string of the molecule is CC(C)C[C@H](NC(=O)[C@H](Cc1c[nH]c2ccccc12)NC(=O)[C@H](Cc1ccc(O)cc1)NC(=O)[C@H](CS)NC(=O)[C@H](Cc1ccc(O)cc1)NC(=O)[C@H](CC(=O)O)NC(=O)[C@H](CC(N)=O)NC(=O)[C@@H](N)CCCNC(=N)N)C(=O)N[C@@H](CS)C(=O)N[C@H](C(=O)O)[C@@H](C)O. The first-order valence-corrected chi connectivity index (χ1v) is 30.5. The topological polar surface area (TPSA) is 544 Å². The van der Waals surface area contributed by atoms with E-state index >= 15 is 0 Å². The van der Waals surface area contributed by atoms with Gasteiger partial charge >= 0.3 is 11.9 Å². The van der Waals surface area contributed by atoms with Gasteiger partial charge < -0.3 is 101 Å². The largest absolute Gasteiger partial charge is 0.508 e.